The Hall–Kier alpha value is -1.65. The Balaban J connectivity index is 2.72. The highest BCUT2D eigenvalue weighted by atomic mass is 16.4. The molecule has 0 spiro atoms. The average molecular weight is 266 g/mol. The number of nitrogens with one attached hydrogen (secondary N) is 1. The molecule has 19 heavy (non-hydrogen) atoms. The molecule has 0 radical (unpaired) electrons. The lowest BCUT2D eigenvalue weighted by Crippen LogP contribution is -2.26. The van der Waals surface area contributed by atoms with Crippen LogP contribution in [0.5, 0.6) is 0 Å². The van der Waals surface area contributed by atoms with Gasteiger partial charge in [0, 0.05) is 0 Å². The summed E-state index contributed by atoms with van der Waals surface area (Å²) >= 11 is 0. The van der Waals surface area contributed by atoms with Crippen molar-refractivity contribution < 1.29 is 14.7 Å². The van der Waals surface area contributed by atoms with E-state index in [9.17, 15) is 14.7 Å². The van der Waals surface area contributed by atoms with Crippen LogP contribution in [0.15, 0.2) is 12.5 Å². The molecule has 0 aliphatic heterocycles. The zero-order valence-corrected chi connectivity index (χ0v) is 11.6. The van der Waals surface area contributed by atoms with Crippen LogP contribution in [0.1, 0.15) is 56.4 Å². The second-order valence-corrected chi connectivity index (χ2v) is 4.87. The Labute approximate surface area is 113 Å². The molecule has 0 amide bonds. The first-order chi connectivity index (χ1) is 9.10. The largest absolute Gasteiger partial charge is 0.481 e. The molecule has 0 saturated heterocycles. The summed E-state index contributed by atoms with van der Waals surface area (Å²) in [7, 11) is 0. The number of Topliss-reactive ketones (excluding diaryl/α,β-unsaturated/α-hetero) is 1. The Morgan fingerprint density at radius 1 is 1.42 bits per heavy atom. The van der Waals surface area contributed by atoms with E-state index < -0.39 is 11.9 Å². The number of rotatable bonds is 9. The lowest BCUT2D eigenvalue weighted by atomic mass is 9.86. The second-order valence-electron chi connectivity index (χ2n) is 4.87. The van der Waals surface area contributed by atoms with E-state index in [1.54, 1.807) is 0 Å². The third kappa shape index (κ3) is 4.50. The minimum atomic E-state index is -1.05. The number of carbonyl (C=O) groups excluding carboxylic acids is 1. The minimum Gasteiger partial charge on any atom is -0.481 e. The number of unbranched alkanes of at least 4 members (excludes halogenated alkanes) is 1. The number of ketones is 1. The van der Waals surface area contributed by atoms with E-state index in [0.29, 0.717) is 6.42 Å². The minimum absolute atomic E-state index is 0.276. The molecule has 2 atom stereocenters. The van der Waals surface area contributed by atoms with Gasteiger partial charge in [0.1, 0.15) is 11.6 Å². The highest BCUT2D eigenvalue weighted by Gasteiger charge is 2.30. The maximum atomic E-state index is 12.1. The summed E-state index contributed by atoms with van der Waals surface area (Å²) in [5.41, 5.74) is 0.276. The van der Waals surface area contributed by atoms with Crippen molar-refractivity contribution in [2.45, 2.75) is 46.0 Å². The molecule has 2 unspecified atom stereocenters. The smallest absolute Gasteiger partial charge is 0.314 e. The highest BCUT2D eigenvalue weighted by Crippen LogP contribution is 2.24. The number of hydrogen-bond acceptors (Lipinski definition) is 3. The third-order valence-electron chi connectivity index (χ3n) is 3.49. The van der Waals surface area contributed by atoms with Gasteiger partial charge in [0.05, 0.1) is 12.5 Å². The Morgan fingerprint density at radius 2 is 2.16 bits per heavy atom. The van der Waals surface area contributed by atoms with Gasteiger partial charge in [-0.15, -0.1) is 0 Å². The number of H-pyrrole nitrogens is 1. The van der Waals surface area contributed by atoms with E-state index in [0.717, 1.165) is 25.7 Å². The van der Waals surface area contributed by atoms with Gasteiger partial charge in [-0.25, -0.2) is 4.98 Å². The number of aliphatic carboxylic acids is 1. The van der Waals surface area contributed by atoms with Gasteiger partial charge >= 0.3 is 5.97 Å². The van der Waals surface area contributed by atoms with Crippen molar-refractivity contribution in [3.63, 3.8) is 0 Å². The quantitative estimate of drug-likeness (QED) is 0.531. The highest BCUT2D eigenvalue weighted by molar-refractivity contribution is 6.06. The number of imidazole rings is 1. The van der Waals surface area contributed by atoms with Crippen LogP contribution in [-0.4, -0.2) is 26.8 Å². The first-order valence-electron chi connectivity index (χ1n) is 6.85. The average Bonchev–Trinajstić information content (AvgIpc) is 2.92. The molecule has 0 bridgehead atoms. The number of carboxylic acid groups (broad SMARTS) is 1. The van der Waals surface area contributed by atoms with Crippen LogP contribution >= 0.6 is 0 Å². The number of carbonyl (C=O) groups is 2. The number of aromatic nitrogens is 2. The second kappa shape index (κ2) is 7.71. The van der Waals surface area contributed by atoms with Crippen molar-refractivity contribution >= 4 is 11.8 Å². The summed E-state index contributed by atoms with van der Waals surface area (Å²) in [5.74, 6) is -2.11. The Bertz CT molecular complexity index is 401. The van der Waals surface area contributed by atoms with Crippen molar-refractivity contribution in [2.24, 2.45) is 11.8 Å². The fourth-order valence-corrected chi connectivity index (χ4v) is 2.21. The zero-order valence-electron chi connectivity index (χ0n) is 11.6. The van der Waals surface area contributed by atoms with E-state index in [4.69, 9.17) is 0 Å². The summed E-state index contributed by atoms with van der Waals surface area (Å²) < 4.78 is 0. The first kappa shape index (κ1) is 15.4. The predicted octanol–water partition coefficient (Wildman–Crippen LogP) is 2.90. The molecule has 1 aromatic rings. The topological polar surface area (TPSA) is 83.0 Å². The normalized spacial score (nSPS) is 14.0. The number of aromatic amines is 1. The van der Waals surface area contributed by atoms with Gasteiger partial charge in [0.15, 0.2) is 5.78 Å². The number of carboxylic acids is 1. The molecule has 0 aliphatic rings. The number of hydrogen-bond donors (Lipinski definition) is 2. The number of nitrogens with zero attached hydrogens (tertiary/aromatic N) is 1. The van der Waals surface area contributed by atoms with Gasteiger partial charge in [0.2, 0.25) is 0 Å². The van der Waals surface area contributed by atoms with E-state index in [1.165, 1.54) is 12.5 Å². The van der Waals surface area contributed by atoms with Crippen molar-refractivity contribution in [2.75, 3.05) is 0 Å². The fraction of sp³-hybridized carbons (Fsp3) is 0.643. The molecule has 2 N–H and O–H groups in total. The van der Waals surface area contributed by atoms with Crippen LogP contribution in [0, 0.1) is 11.8 Å². The standard InChI is InChI=1S/C14H22N2O3/c1-3-5-6-10(4-2)7-11(14(18)19)13(17)12-8-15-9-16-12/h8-11H,3-7H2,1-2H3,(H,15,16)(H,18,19). The van der Waals surface area contributed by atoms with E-state index in [-0.39, 0.29) is 17.4 Å². The Kier molecular flexibility index (Phi) is 6.25. The molecular formula is C14H22N2O3. The van der Waals surface area contributed by atoms with Gasteiger partial charge in [-0.05, 0) is 12.3 Å². The van der Waals surface area contributed by atoms with Crippen LogP contribution in [0.2, 0.25) is 0 Å². The molecule has 106 valence electrons. The monoisotopic (exact) mass is 266 g/mol. The van der Waals surface area contributed by atoms with Crippen molar-refractivity contribution in [1.82, 2.24) is 9.97 Å². The maximum Gasteiger partial charge on any atom is 0.314 e. The van der Waals surface area contributed by atoms with E-state index >= 15 is 0 Å². The van der Waals surface area contributed by atoms with Crippen LogP contribution in [0.25, 0.3) is 0 Å². The lowest BCUT2D eigenvalue weighted by Gasteiger charge is -2.18. The van der Waals surface area contributed by atoms with Gasteiger partial charge in [-0.2, -0.15) is 0 Å². The molecule has 1 rings (SSSR count). The summed E-state index contributed by atoms with van der Waals surface area (Å²) in [4.78, 5) is 29.9. The maximum absolute atomic E-state index is 12.1. The molecule has 0 saturated carbocycles. The predicted molar refractivity (Wildman–Crippen MR) is 72.0 cm³/mol. The zero-order chi connectivity index (χ0) is 14.3. The molecule has 0 fully saturated rings. The molecule has 1 aromatic heterocycles. The lowest BCUT2D eigenvalue weighted by molar-refractivity contribution is -0.140. The summed E-state index contributed by atoms with van der Waals surface area (Å²) in [6, 6.07) is 0. The van der Waals surface area contributed by atoms with Crippen molar-refractivity contribution in [3.05, 3.63) is 18.2 Å². The van der Waals surface area contributed by atoms with Gasteiger partial charge < -0.3 is 10.1 Å². The molecule has 0 aliphatic carbocycles. The first-order valence-corrected chi connectivity index (χ1v) is 6.85. The van der Waals surface area contributed by atoms with Crippen LogP contribution in [0.3, 0.4) is 0 Å². The van der Waals surface area contributed by atoms with Crippen molar-refractivity contribution in [3.8, 4) is 0 Å². The summed E-state index contributed by atoms with van der Waals surface area (Å²) in [6.45, 7) is 4.15. The van der Waals surface area contributed by atoms with Gasteiger partial charge in [0.25, 0.3) is 0 Å². The van der Waals surface area contributed by atoms with Crippen molar-refractivity contribution in [1.29, 1.82) is 0 Å². The molecular weight excluding hydrogens is 244 g/mol. The fourth-order valence-electron chi connectivity index (χ4n) is 2.21. The summed E-state index contributed by atoms with van der Waals surface area (Å²) in [5, 5.41) is 9.26. The molecule has 0 aromatic carbocycles. The Morgan fingerprint density at radius 3 is 2.63 bits per heavy atom. The van der Waals surface area contributed by atoms with E-state index in [2.05, 4.69) is 16.9 Å². The molecule has 5 heteroatoms. The summed E-state index contributed by atoms with van der Waals surface area (Å²) in [6.07, 6.45) is 7.22. The van der Waals surface area contributed by atoms with E-state index in [1.807, 2.05) is 6.92 Å². The molecule has 5 nitrogen and oxygen atoms in total. The van der Waals surface area contributed by atoms with Crippen LogP contribution < -0.4 is 0 Å². The van der Waals surface area contributed by atoms with Crippen LogP contribution in [0.4, 0.5) is 0 Å². The molecule has 1 heterocycles. The van der Waals surface area contributed by atoms with Crippen LogP contribution in [-0.2, 0) is 4.79 Å². The van der Waals surface area contributed by atoms with Gasteiger partial charge in [-0.1, -0.05) is 39.5 Å². The van der Waals surface area contributed by atoms with Gasteiger partial charge in [-0.3, -0.25) is 9.59 Å². The third-order valence-corrected chi connectivity index (χ3v) is 3.49. The SMILES string of the molecule is CCCCC(CC)CC(C(=O)O)C(=O)c1cnc[nH]1.